The molecule has 2 heterocycles. The van der Waals surface area contributed by atoms with Crippen LogP contribution in [0.3, 0.4) is 0 Å². The zero-order valence-corrected chi connectivity index (χ0v) is 11.2. The average molecular weight is 267 g/mol. The van der Waals surface area contributed by atoms with Gasteiger partial charge < -0.3 is 14.7 Å². The van der Waals surface area contributed by atoms with E-state index in [1.54, 1.807) is 22.3 Å². The van der Waals surface area contributed by atoms with Gasteiger partial charge in [-0.05, 0) is 25.1 Å². The summed E-state index contributed by atoms with van der Waals surface area (Å²) in [5.74, 6) is -0.0252. The van der Waals surface area contributed by atoms with Crippen molar-refractivity contribution in [2.24, 2.45) is 0 Å². The van der Waals surface area contributed by atoms with Gasteiger partial charge in [0.1, 0.15) is 0 Å². The highest BCUT2D eigenvalue weighted by Crippen LogP contribution is 2.16. The minimum atomic E-state index is -0.250. The van der Waals surface area contributed by atoms with Crippen LogP contribution in [0.4, 0.5) is 0 Å². The summed E-state index contributed by atoms with van der Waals surface area (Å²) in [4.78, 5) is 16.0. The number of thiophene rings is 1. The SMILES string of the molecule is Cc1ccc(/C=C/C(=O)N2CCOC(CO)C2)s1. The Hall–Kier alpha value is -1.17. The third-order valence-electron chi connectivity index (χ3n) is 2.81. The predicted octanol–water partition coefficient (Wildman–Crippen LogP) is 1.29. The molecule has 1 aromatic rings. The van der Waals surface area contributed by atoms with Crippen LogP contribution < -0.4 is 0 Å². The molecule has 0 aromatic carbocycles. The highest BCUT2D eigenvalue weighted by atomic mass is 32.1. The third kappa shape index (κ3) is 3.41. The van der Waals surface area contributed by atoms with Crippen LogP contribution in [0.1, 0.15) is 9.75 Å². The largest absolute Gasteiger partial charge is 0.394 e. The number of ether oxygens (including phenoxy) is 1. The topological polar surface area (TPSA) is 49.8 Å². The van der Waals surface area contributed by atoms with Crippen LogP contribution in [0.2, 0.25) is 0 Å². The predicted molar refractivity (Wildman–Crippen MR) is 71.5 cm³/mol. The Morgan fingerprint density at radius 3 is 3.17 bits per heavy atom. The first-order valence-electron chi connectivity index (χ1n) is 5.95. The summed E-state index contributed by atoms with van der Waals surface area (Å²) in [6, 6.07) is 4.03. The molecule has 18 heavy (non-hydrogen) atoms. The number of carbonyl (C=O) groups is 1. The van der Waals surface area contributed by atoms with E-state index >= 15 is 0 Å². The lowest BCUT2D eigenvalue weighted by atomic mass is 10.2. The van der Waals surface area contributed by atoms with Crippen molar-refractivity contribution in [2.75, 3.05) is 26.3 Å². The van der Waals surface area contributed by atoms with E-state index in [2.05, 4.69) is 0 Å². The monoisotopic (exact) mass is 267 g/mol. The Balaban J connectivity index is 1.93. The van der Waals surface area contributed by atoms with E-state index in [1.807, 2.05) is 25.1 Å². The molecule has 1 amide bonds. The normalized spacial score (nSPS) is 20.6. The molecule has 1 atom stereocenters. The van der Waals surface area contributed by atoms with Crippen molar-refractivity contribution in [3.63, 3.8) is 0 Å². The summed E-state index contributed by atoms with van der Waals surface area (Å²) in [6.45, 7) is 3.53. The summed E-state index contributed by atoms with van der Waals surface area (Å²) < 4.78 is 5.31. The molecule has 1 fully saturated rings. The Morgan fingerprint density at radius 1 is 1.67 bits per heavy atom. The summed E-state index contributed by atoms with van der Waals surface area (Å²) in [5.41, 5.74) is 0. The van der Waals surface area contributed by atoms with Crippen LogP contribution in [0.15, 0.2) is 18.2 Å². The van der Waals surface area contributed by atoms with Gasteiger partial charge in [-0.3, -0.25) is 4.79 Å². The van der Waals surface area contributed by atoms with Gasteiger partial charge >= 0.3 is 0 Å². The lowest BCUT2D eigenvalue weighted by molar-refractivity contribution is -0.134. The molecule has 1 saturated heterocycles. The maximum atomic E-state index is 11.9. The van der Waals surface area contributed by atoms with Gasteiger partial charge in [-0.25, -0.2) is 0 Å². The second kappa shape index (κ2) is 6.13. The van der Waals surface area contributed by atoms with Gasteiger partial charge in [-0.1, -0.05) is 0 Å². The van der Waals surface area contributed by atoms with Gasteiger partial charge in [0, 0.05) is 28.9 Å². The summed E-state index contributed by atoms with van der Waals surface area (Å²) >= 11 is 1.66. The second-order valence-electron chi connectivity index (χ2n) is 4.24. The number of hydrogen-bond acceptors (Lipinski definition) is 4. The van der Waals surface area contributed by atoms with Gasteiger partial charge in [-0.2, -0.15) is 0 Å². The molecule has 4 nitrogen and oxygen atoms in total. The summed E-state index contributed by atoms with van der Waals surface area (Å²) in [6.07, 6.45) is 3.18. The van der Waals surface area contributed by atoms with Crippen molar-refractivity contribution in [3.05, 3.63) is 28.0 Å². The number of aliphatic hydroxyl groups excluding tert-OH is 1. The lowest BCUT2D eigenvalue weighted by Crippen LogP contribution is -2.46. The molecule has 5 heteroatoms. The second-order valence-corrected chi connectivity index (χ2v) is 5.56. The van der Waals surface area contributed by atoms with Crippen LogP contribution >= 0.6 is 11.3 Å². The Morgan fingerprint density at radius 2 is 2.50 bits per heavy atom. The highest BCUT2D eigenvalue weighted by Gasteiger charge is 2.22. The van der Waals surface area contributed by atoms with Gasteiger partial charge in [0.25, 0.3) is 0 Å². The highest BCUT2D eigenvalue weighted by molar-refractivity contribution is 7.12. The van der Waals surface area contributed by atoms with E-state index in [-0.39, 0.29) is 18.6 Å². The minimum Gasteiger partial charge on any atom is -0.394 e. The molecule has 0 bridgehead atoms. The summed E-state index contributed by atoms with van der Waals surface area (Å²) in [7, 11) is 0. The zero-order chi connectivity index (χ0) is 13.0. The average Bonchev–Trinajstić information content (AvgIpc) is 2.82. The van der Waals surface area contributed by atoms with Crippen LogP contribution in [0.25, 0.3) is 6.08 Å². The molecule has 1 aliphatic heterocycles. The first kappa shape index (κ1) is 13.3. The van der Waals surface area contributed by atoms with Crippen molar-refractivity contribution >= 4 is 23.3 Å². The molecule has 0 aliphatic carbocycles. The van der Waals surface area contributed by atoms with Crippen LogP contribution in [0, 0.1) is 6.92 Å². The van der Waals surface area contributed by atoms with E-state index in [4.69, 9.17) is 9.84 Å². The Kier molecular flexibility index (Phi) is 4.52. The van der Waals surface area contributed by atoms with E-state index in [1.165, 1.54) is 4.88 Å². The number of aryl methyl sites for hydroxylation is 1. The number of rotatable bonds is 3. The number of aliphatic hydroxyl groups is 1. The molecule has 1 aliphatic rings. The van der Waals surface area contributed by atoms with Gasteiger partial charge in [0.2, 0.25) is 5.91 Å². The quantitative estimate of drug-likeness (QED) is 0.840. The van der Waals surface area contributed by atoms with Gasteiger partial charge in [-0.15, -0.1) is 11.3 Å². The van der Waals surface area contributed by atoms with Crippen molar-refractivity contribution in [3.8, 4) is 0 Å². The number of carbonyl (C=O) groups excluding carboxylic acids is 1. The number of morpholine rings is 1. The van der Waals surface area contributed by atoms with Gasteiger partial charge in [0.05, 0.1) is 19.3 Å². The van der Waals surface area contributed by atoms with E-state index in [0.717, 1.165) is 4.88 Å². The molecule has 1 N–H and O–H groups in total. The molecule has 0 saturated carbocycles. The molecule has 98 valence electrons. The van der Waals surface area contributed by atoms with E-state index in [9.17, 15) is 4.79 Å². The Bertz CT molecular complexity index is 441. The van der Waals surface area contributed by atoms with E-state index in [0.29, 0.717) is 19.7 Å². The van der Waals surface area contributed by atoms with Crippen LogP contribution in [-0.2, 0) is 9.53 Å². The fourth-order valence-electron chi connectivity index (χ4n) is 1.83. The summed E-state index contributed by atoms with van der Waals surface area (Å²) in [5, 5.41) is 9.02. The molecule has 1 aromatic heterocycles. The number of amides is 1. The maximum Gasteiger partial charge on any atom is 0.246 e. The van der Waals surface area contributed by atoms with Crippen molar-refractivity contribution in [1.29, 1.82) is 0 Å². The fourth-order valence-corrected chi connectivity index (χ4v) is 2.61. The molecule has 0 radical (unpaired) electrons. The van der Waals surface area contributed by atoms with Crippen molar-refractivity contribution in [1.82, 2.24) is 4.90 Å². The van der Waals surface area contributed by atoms with Crippen LogP contribution in [-0.4, -0.2) is 48.3 Å². The smallest absolute Gasteiger partial charge is 0.246 e. The number of nitrogens with zero attached hydrogens (tertiary/aromatic N) is 1. The maximum absolute atomic E-state index is 11.9. The third-order valence-corrected chi connectivity index (χ3v) is 3.77. The molecule has 0 spiro atoms. The fraction of sp³-hybridized carbons (Fsp3) is 0.462. The minimum absolute atomic E-state index is 0.0252. The Labute approximate surface area is 110 Å². The molecule has 2 rings (SSSR count). The molecule has 1 unspecified atom stereocenters. The van der Waals surface area contributed by atoms with Crippen molar-refractivity contribution < 1.29 is 14.6 Å². The van der Waals surface area contributed by atoms with Crippen molar-refractivity contribution in [2.45, 2.75) is 13.0 Å². The van der Waals surface area contributed by atoms with Gasteiger partial charge in [0.15, 0.2) is 0 Å². The van der Waals surface area contributed by atoms with E-state index < -0.39 is 0 Å². The van der Waals surface area contributed by atoms with Crippen LogP contribution in [0.5, 0.6) is 0 Å². The lowest BCUT2D eigenvalue weighted by Gasteiger charge is -2.31. The molecular weight excluding hydrogens is 250 g/mol. The zero-order valence-electron chi connectivity index (χ0n) is 10.3. The number of hydrogen-bond donors (Lipinski definition) is 1. The standard InChI is InChI=1S/C13H17NO3S/c1-10-2-3-12(18-10)4-5-13(16)14-6-7-17-11(8-14)9-15/h2-5,11,15H,6-9H2,1H3/b5-4+. The first-order chi connectivity index (χ1) is 8.69. The molecular formula is C13H17NO3S. The first-order valence-corrected chi connectivity index (χ1v) is 6.76.